The van der Waals surface area contributed by atoms with Gasteiger partial charge in [0.15, 0.2) is 5.78 Å². The first-order valence-electron chi connectivity index (χ1n) is 2.08. The van der Waals surface area contributed by atoms with Crippen LogP contribution >= 0.6 is 0 Å². The van der Waals surface area contributed by atoms with E-state index in [4.69, 9.17) is 0 Å². The number of carbonyl (C=O) groups is 1. The fourth-order valence-electron chi connectivity index (χ4n) is 0.392. The molecule has 0 aromatic heterocycles. The molecule has 1 rings (SSSR count). The SMILES string of the molecule is O=C1C=C=C=CC1. The van der Waals surface area contributed by atoms with Crippen LogP contribution in [0.3, 0.4) is 0 Å². The molecule has 0 saturated heterocycles. The van der Waals surface area contributed by atoms with Crippen molar-refractivity contribution in [1.29, 1.82) is 0 Å². The topological polar surface area (TPSA) is 17.1 Å². The van der Waals surface area contributed by atoms with Gasteiger partial charge in [0.05, 0.1) is 0 Å². The van der Waals surface area contributed by atoms with Crippen LogP contribution < -0.4 is 0 Å². The van der Waals surface area contributed by atoms with Crippen LogP contribution in [-0.2, 0) is 4.79 Å². The van der Waals surface area contributed by atoms with Gasteiger partial charge < -0.3 is 0 Å². The van der Waals surface area contributed by atoms with Gasteiger partial charge in [-0.25, -0.2) is 0 Å². The van der Waals surface area contributed by atoms with Gasteiger partial charge in [-0.1, -0.05) is 11.5 Å². The molecule has 1 nitrogen and oxygen atoms in total. The molecule has 1 heteroatoms. The minimum absolute atomic E-state index is 0.110. The van der Waals surface area contributed by atoms with E-state index in [1.54, 1.807) is 6.08 Å². The maximum atomic E-state index is 10.3. The van der Waals surface area contributed by atoms with Crippen molar-refractivity contribution in [3.8, 4) is 0 Å². The lowest BCUT2D eigenvalue weighted by molar-refractivity contribution is -0.113. The van der Waals surface area contributed by atoms with E-state index in [2.05, 4.69) is 11.5 Å². The highest BCUT2D eigenvalue weighted by atomic mass is 16.1. The van der Waals surface area contributed by atoms with Crippen molar-refractivity contribution < 1.29 is 4.79 Å². The molecule has 0 spiro atoms. The fourth-order valence-corrected chi connectivity index (χ4v) is 0.392. The molecule has 0 unspecified atom stereocenters. The molecule has 7 heavy (non-hydrogen) atoms. The van der Waals surface area contributed by atoms with Crippen LogP contribution in [0.2, 0.25) is 0 Å². The quantitative estimate of drug-likeness (QED) is 0.404. The van der Waals surface area contributed by atoms with Gasteiger partial charge in [0.25, 0.3) is 0 Å². The monoisotopic (exact) mass is 92.0 g/mol. The lowest BCUT2D eigenvalue weighted by atomic mass is 10.2. The maximum absolute atomic E-state index is 10.3. The summed E-state index contributed by atoms with van der Waals surface area (Å²) in [6.07, 6.45) is 3.56. The van der Waals surface area contributed by atoms with Crippen LogP contribution in [0, 0.1) is 0 Å². The molecule has 0 aromatic carbocycles. The van der Waals surface area contributed by atoms with Crippen LogP contribution in [0.1, 0.15) is 6.42 Å². The Bertz CT molecular complexity index is 176. The summed E-state index contributed by atoms with van der Waals surface area (Å²) in [5, 5.41) is 0. The van der Waals surface area contributed by atoms with Gasteiger partial charge in [-0.05, 0) is 6.08 Å². The van der Waals surface area contributed by atoms with Gasteiger partial charge in [-0.15, -0.1) is 0 Å². The zero-order valence-corrected chi connectivity index (χ0v) is 3.77. The van der Waals surface area contributed by atoms with E-state index in [0.29, 0.717) is 6.42 Å². The molecule has 1 aliphatic rings. The van der Waals surface area contributed by atoms with Gasteiger partial charge >= 0.3 is 0 Å². The Morgan fingerprint density at radius 2 is 2.43 bits per heavy atom. The van der Waals surface area contributed by atoms with E-state index in [-0.39, 0.29) is 5.78 Å². The van der Waals surface area contributed by atoms with Crippen molar-refractivity contribution in [2.75, 3.05) is 0 Å². The molecule has 0 radical (unpaired) electrons. The van der Waals surface area contributed by atoms with E-state index >= 15 is 0 Å². The van der Waals surface area contributed by atoms with Crippen molar-refractivity contribution in [1.82, 2.24) is 0 Å². The Morgan fingerprint density at radius 3 is 2.71 bits per heavy atom. The summed E-state index contributed by atoms with van der Waals surface area (Å²) in [5.74, 6) is 0.110. The largest absolute Gasteiger partial charge is 0.294 e. The number of carbonyl (C=O) groups excluding carboxylic acids is 1. The number of rotatable bonds is 0. The lowest BCUT2D eigenvalue weighted by Gasteiger charge is -1.81. The Morgan fingerprint density at radius 1 is 1.57 bits per heavy atom. The maximum Gasteiger partial charge on any atom is 0.168 e. The lowest BCUT2D eigenvalue weighted by Crippen LogP contribution is -1.88. The standard InChI is InChI=1S/C6H4O/c7-6-4-2-1-3-5-6/h2,5H,4H2. The van der Waals surface area contributed by atoms with E-state index in [0.717, 1.165) is 0 Å². The minimum Gasteiger partial charge on any atom is -0.294 e. The smallest absolute Gasteiger partial charge is 0.168 e. The van der Waals surface area contributed by atoms with Crippen LogP contribution in [0.4, 0.5) is 0 Å². The minimum atomic E-state index is 0.110. The van der Waals surface area contributed by atoms with Crippen molar-refractivity contribution in [3.05, 3.63) is 23.6 Å². The number of hydrogen-bond acceptors (Lipinski definition) is 1. The molecule has 0 bridgehead atoms. The number of allylic oxidation sites excluding steroid dienone is 2. The second-order valence-electron chi connectivity index (χ2n) is 1.31. The van der Waals surface area contributed by atoms with Crippen molar-refractivity contribution >= 4 is 5.78 Å². The highest BCUT2D eigenvalue weighted by molar-refractivity contribution is 5.91. The van der Waals surface area contributed by atoms with Crippen molar-refractivity contribution in [2.45, 2.75) is 6.42 Å². The molecule has 0 atom stereocenters. The highest BCUT2D eigenvalue weighted by Gasteiger charge is 1.90. The predicted octanol–water partition coefficient (Wildman–Crippen LogP) is 0.826. The predicted molar refractivity (Wildman–Crippen MR) is 25.8 cm³/mol. The summed E-state index contributed by atoms with van der Waals surface area (Å²) < 4.78 is 0. The van der Waals surface area contributed by atoms with Crippen molar-refractivity contribution in [3.63, 3.8) is 0 Å². The number of hydrogen-bond donors (Lipinski definition) is 0. The summed E-state index contributed by atoms with van der Waals surface area (Å²) in [7, 11) is 0. The van der Waals surface area contributed by atoms with Gasteiger partial charge in [0, 0.05) is 12.5 Å². The van der Waals surface area contributed by atoms with Crippen LogP contribution in [-0.4, -0.2) is 5.78 Å². The fraction of sp³-hybridized carbons (Fsp3) is 0.167. The molecule has 0 heterocycles. The van der Waals surface area contributed by atoms with Gasteiger partial charge in [-0.3, -0.25) is 4.79 Å². The zero-order valence-electron chi connectivity index (χ0n) is 3.77. The third-order valence-corrected chi connectivity index (χ3v) is 0.722. The summed E-state index contributed by atoms with van der Waals surface area (Å²) in [6, 6.07) is 0. The Kier molecular flexibility index (Phi) is 0.953. The first-order valence-corrected chi connectivity index (χ1v) is 2.08. The summed E-state index contributed by atoms with van der Waals surface area (Å²) in [5.41, 5.74) is 5.22. The first-order chi connectivity index (χ1) is 3.39. The molecule has 0 saturated carbocycles. The second-order valence-corrected chi connectivity index (χ2v) is 1.31. The average molecular weight is 92.1 g/mol. The zero-order chi connectivity index (χ0) is 5.11. The third-order valence-electron chi connectivity index (χ3n) is 0.722. The Labute approximate surface area is 41.7 Å². The molecule has 1 aliphatic carbocycles. The van der Waals surface area contributed by atoms with E-state index < -0.39 is 0 Å². The van der Waals surface area contributed by atoms with Gasteiger partial charge in [0.2, 0.25) is 0 Å². The normalized spacial score (nSPS) is 15.7. The molecular formula is C6H4O. The summed E-state index contributed by atoms with van der Waals surface area (Å²) in [6.45, 7) is 0. The van der Waals surface area contributed by atoms with E-state index in [1.807, 2.05) is 0 Å². The first kappa shape index (κ1) is 4.14. The molecule has 0 aromatic rings. The molecule has 34 valence electrons. The van der Waals surface area contributed by atoms with Crippen LogP contribution in [0.25, 0.3) is 0 Å². The Hall–Kier alpha value is -1.03. The molecule has 0 N–H and O–H groups in total. The van der Waals surface area contributed by atoms with Crippen molar-refractivity contribution in [2.24, 2.45) is 0 Å². The highest BCUT2D eigenvalue weighted by Crippen LogP contribution is 1.88. The third kappa shape index (κ3) is 0.902. The molecular weight excluding hydrogens is 88.1 g/mol. The Balaban J connectivity index is 2.99. The van der Waals surface area contributed by atoms with E-state index in [9.17, 15) is 4.79 Å². The second kappa shape index (κ2) is 1.61. The summed E-state index contributed by atoms with van der Waals surface area (Å²) >= 11 is 0. The van der Waals surface area contributed by atoms with Crippen LogP contribution in [0.5, 0.6) is 0 Å². The number of ketones is 1. The van der Waals surface area contributed by atoms with Gasteiger partial charge in [-0.2, -0.15) is 0 Å². The van der Waals surface area contributed by atoms with E-state index in [1.165, 1.54) is 6.08 Å². The summed E-state index contributed by atoms with van der Waals surface area (Å²) in [4.78, 5) is 10.3. The average Bonchev–Trinajstić information content (AvgIpc) is 1.69. The molecule has 0 fully saturated rings. The molecule has 0 aliphatic heterocycles. The molecule has 0 amide bonds. The van der Waals surface area contributed by atoms with Crippen LogP contribution in [0.15, 0.2) is 23.6 Å². The van der Waals surface area contributed by atoms with Gasteiger partial charge in [0.1, 0.15) is 0 Å².